The molecule has 0 saturated heterocycles. The molecule has 0 spiro atoms. The third-order valence-electron chi connectivity index (χ3n) is 4.41. The lowest BCUT2D eigenvalue weighted by Gasteiger charge is -2.07. The number of amides is 1. The Morgan fingerprint density at radius 1 is 0.967 bits per heavy atom. The Kier molecular flexibility index (Phi) is 7.63. The zero-order chi connectivity index (χ0) is 21.3. The second-order valence-corrected chi connectivity index (χ2v) is 7.62. The molecule has 0 saturated carbocycles. The number of carbonyl (C=O) groups is 2. The van der Waals surface area contributed by atoms with Gasteiger partial charge < -0.3 is 14.8 Å². The highest BCUT2D eigenvalue weighted by Crippen LogP contribution is 2.36. The molecule has 156 valence electrons. The van der Waals surface area contributed by atoms with Gasteiger partial charge in [-0.1, -0.05) is 42.5 Å². The summed E-state index contributed by atoms with van der Waals surface area (Å²) in [6, 6.07) is 19.3. The minimum atomic E-state index is -0.433. The summed E-state index contributed by atoms with van der Waals surface area (Å²) in [7, 11) is 0. The van der Waals surface area contributed by atoms with Crippen LogP contribution in [0.2, 0.25) is 0 Å². The lowest BCUT2D eigenvalue weighted by Crippen LogP contribution is -2.14. The summed E-state index contributed by atoms with van der Waals surface area (Å²) in [5, 5.41) is 3.41. The number of anilines is 1. The Morgan fingerprint density at radius 2 is 1.70 bits per heavy atom. The van der Waals surface area contributed by atoms with E-state index in [2.05, 4.69) is 5.32 Å². The molecule has 5 nitrogen and oxygen atoms in total. The number of benzene rings is 2. The molecular formula is C24H25NO4S. The van der Waals surface area contributed by atoms with E-state index in [1.165, 1.54) is 11.3 Å². The molecule has 0 aliphatic rings. The summed E-state index contributed by atoms with van der Waals surface area (Å²) in [6.07, 6.45) is 0.915. The first kappa shape index (κ1) is 21.6. The van der Waals surface area contributed by atoms with Crippen LogP contribution >= 0.6 is 11.3 Å². The van der Waals surface area contributed by atoms with E-state index in [4.69, 9.17) is 9.47 Å². The van der Waals surface area contributed by atoms with Gasteiger partial charge in [0.25, 0.3) is 0 Å². The van der Waals surface area contributed by atoms with E-state index in [0.29, 0.717) is 30.0 Å². The third kappa shape index (κ3) is 5.70. The fourth-order valence-electron chi connectivity index (χ4n) is 2.96. The van der Waals surface area contributed by atoms with Gasteiger partial charge in [-0.2, -0.15) is 0 Å². The van der Waals surface area contributed by atoms with Crippen LogP contribution < -0.4 is 10.1 Å². The molecule has 6 heteroatoms. The van der Waals surface area contributed by atoms with Crippen LogP contribution in [0.4, 0.5) is 5.00 Å². The van der Waals surface area contributed by atoms with Crippen LogP contribution in [-0.2, 0) is 16.0 Å². The Balaban J connectivity index is 1.70. The summed E-state index contributed by atoms with van der Waals surface area (Å²) >= 11 is 1.37. The molecule has 1 N–H and O–H groups in total. The van der Waals surface area contributed by atoms with Gasteiger partial charge in [-0.15, -0.1) is 11.3 Å². The van der Waals surface area contributed by atoms with Gasteiger partial charge in [-0.3, -0.25) is 4.79 Å². The summed E-state index contributed by atoms with van der Waals surface area (Å²) in [6.45, 7) is 4.60. The number of thiophene rings is 1. The summed E-state index contributed by atoms with van der Waals surface area (Å²) in [5.74, 6) is 0.241. The van der Waals surface area contributed by atoms with E-state index >= 15 is 0 Å². The van der Waals surface area contributed by atoms with Crippen molar-refractivity contribution in [1.29, 1.82) is 0 Å². The van der Waals surface area contributed by atoms with Crippen molar-refractivity contribution in [3.63, 3.8) is 0 Å². The fourth-order valence-corrected chi connectivity index (χ4v) is 4.02. The largest absolute Gasteiger partial charge is 0.494 e. The molecule has 0 unspecified atom stereocenters. The van der Waals surface area contributed by atoms with Crippen molar-refractivity contribution >= 4 is 28.2 Å². The molecule has 1 heterocycles. The lowest BCUT2D eigenvalue weighted by molar-refractivity contribution is -0.116. The molecular weight excluding hydrogens is 398 g/mol. The molecule has 0 fully saturated rings. The van der Waals surface area contributed by atoms with Gasteiger partial charge in [0.15, 0.2) is 0 Å². The Hall–Kier alpha value is -3.12. The molecule has 0 radical (unpaired) electrons. The van der Waals surface area contributed by atoms with Gasteiger partial charge >= 0.3 is 5.97 Å². The minimum absolute atomic E-state index is 0.143. The van der Waals surface area contributed by atoms with E-state index in [-0.39, 0.29) is 12.5 Å². The normalized spacial score (nSPS) is 10.5. The summed E-state index contributed by atoms with van der Waals surface area (Å²) < 4.78 is 10.6. The quantitative estimate of drug-likeness (QED) is 0.458. The van der Waals surface area contributed by atoms with Crippen molar-refractivity contribution in [2.45, 2.75) is 26.7 Å². The Bertz CT molecular complexity index is 980. The van der Waals surface area contributed by atoms with Crippen molar-refractivity contribution in [2.24, 2.45) is 0 Å². The van der Waals surface area contributed by atoms with Gasteiger partial charge in [-0.25, -0.2) is 4.79 Å². The molecule has 3 rings (SSSR count). The van der Waals surface area contributed by atoms with Crippen molar-refractivity contribution in [3.05, 3.63) is 71.8 Å². The predicted molar refractivity (Wildman–Crippen MR) is 120 cm³/mol. The van der Waals surface area contributed by atoms with E-state index in [9.17, 15) is 9.59 Å². The van der Waals surface area contributed by atoms with Crippen LogP contribution in [-0.4, -0.2) is 25.1 Å². The molecule has 0 aliphatic carbocycles. The van der Waals surface area contributed by atoms with Crippen molar-refractivity contribution in [1.82, 2.24) is 0 Å². The standard InChI is InChI=1S/C24H25NO4S/c1-3-28-19-13-10-17(11-14-19)12-15-22(26)25-23-20(24(27)29-4-2)16-21(30-23)18-8-6-5-7-9-18/h5-11,13-14,16H,3-4,12,15H2,1-2H3,(H,25,26). The highest BCUT2D eigenvalue weighted by molar-refractivity contribution is 7.20. The van der Waals surface area contributed by atoms with Crippen LogP contribution in [0.3, 0.4) is 0 Å². The number of nitrogens with one attached hydrogen (secondary N) is 1. The van der Waals surface area contributed by atoms with Crippen molar-refractivity contribution < 1.29 is 19.1 Å². The fraction of sp³-hybridized carbons (Fsp3) is 0.250. The molecule has 1 amide bonds. The SMILES string of the molecule is CCOC(=O)c1cc(-c2ccccc2)sc1NC(=O)CCc1ccc(OCC)cc1. The van der Waals surface area contributed by atoms with Crippen LogP contribution in [0.1, 0.15) is 36.2 Å². The van der Waals surface area contributed by atoms with Gasteiger partial charge in [-0.05, 0) is 49.6 Å². The molecule has 3 aromatic rings. The third-order valence-corrected chi connectivity index (χ3v) is 5.51. The number of aryl methyl sites for hydroxylation is 1. The van der Waals surface area contributed by atoms with Gasteiger partial charge in [0.1, 0.15) is 10.8 Å². The maximum absolute atomic E-state index is 12.6. The number of hydrogen-bond acceptors (Lipinski definition) is 5. The highest BCUT2D eigenvalue weighted by atomic mass is 32.1. The van der Waals surface area contributed by atoms with Crippen LogP contribution in [0.5, 0.6) is 5.75 Å². The van der Waals surface area contributed by atoms with Crippen LogP contribution in [0.25, 0.3) is 10.4 Å². The van der Waals surface area contributed by atoms with E-state index in [0.717, 1.165) is 21.8 Å². The Labute approximate surface area is 180 Å². The molecule has 0 aliphatic heterocycles. The summed E-state index contributed by atoms with van der Waals surface area (Å²) in [4.78, 5) is 25.8. The molecule has 30 heavy (non-hydrogen) atoms. The second kappa shape index (κ2) is 10.6. The first-order chi connectivity index (χ1) is 14.6. The Morgan fingerprint density at radius 3 is 2.37 bits per heavy atom. The zero-order valence-electron chi connectivity index (χ0n) is 17.1. The molecule has 0 bridgehead atoms. The highest BCUT2D eigenvalue weighted by Gasteiger charge is 2.19. The van der Waals surface area contributed by atoms with E-state index in [1.807, 2.05) is 61.5 Å². The average molecular weight is 424 g/mol. The maximum Gasteiger partial charge on any atom is 0.341 e. The van der Waals surface area contributed by atoms with E-state index in [1.54, 1.807) is 13.0 Å². The smallest absolute Gasteiger partial charge is 0.341 e. The number of carbonyl (C=O) groups excluding carboxylic acids is 2. The molecule has 1 aromatic heterocycles. The monoisotopic (exact) mass is 423 g/mol. The van der Waals surface area contributed by atoms with Crippen molar-refractivity contribution in [3.8, 4) is 16.2 Å². The predicted octanol–water partition coefficient (Wildman–Crippen LogP) is 5.56. The van der Waals surface area contributed by atoms with Gasteiger partial charge in [0, 0.05) is 11.3 Å². The zero-order valence-corrected chi connectivity index (χ0v) is 18.0. The first-order valence-electron chi connectivity index (χ1n) is 9.98. The first-order valence-corrected chi connectivity index (χ1v) is 10.8. The lowest BCUT2D eigenvalue weighted by atomic mass is 10.1. The topological polar surface area (TPSA) is 64.6 Å². The van der Waals surface area contributed by atoms with Crippen LogP contribution in [0.15, 0.2) is 60.7 Å². The minimum Gasteiger partial charge on any atom is -0.494 e. The van der Waals surface area contributed by atoms with E-state index < -0.39 is 5.97 Å². The summed E-state index contributed by atoms with van der Waals surface area (Å²) in [5.41, 5.74) is 2.42. The maximum atomic E-state index is 12.6. The van der Waals surface area contributed by atoms with Crippen molar-refractivity contribution in [2.75, 3.05) is 18.5 Å². The molecule has 0 atom stereocenters. The second-order valence-electron chi connectivity index (χ2n) is 6.57. The number of esters is 1. The average Bonchev–Trinajstić information content (AvgIpc) is 3.18. The number of hydrogen-bond donors (Lipinski definition) is 1. The molecule has 2 aromatic carbocycles. The number of ether oxygens (including phenoxy) is 2. The number of rotatable bonds is 9. The van der Waals surface area contributed by atoms with Gasteiger partial charge in [0.05, 0.1) is 18.8 Å². The van der Waals surface area contributed by atoms with Crippen LogP contribution in [0, 0.1) is 0 Å². The van der Waals surface area contributed by atoms with Gasteiger partial charge in [0.2, 0.25) is 5.91 Å².